The van der Waals surface area contributed by atoms with Gasteiger partial charge >= 0.3 is 12.2 Å². The van der Waals surface area contributed by atoms with Crippen LogP contribution in [-0.2, 0) is 9.47 Å². The third-order valence-corrected chi connectivity index (χ3v) is 1.05. The second-order valence-corrected chi connectivity index (χ2v) is 2.28. The van der Waals surface area contributed by atoms with E-state index in [1.54, 1.807) is 0 Å². The number of rotatable bonds is 0. The van der Waals surface area contributed by atoms with Crippen molar-refractivity contribution >= 4 is 0 Å². The topological polar surface area (TPSA) is 25.1 Å². The minimum atomic E-state index is -4.19. The fourth-order valence-corrected chi connectivity index (χ4v) is 0.232. The van der Waals surface area contributed by atoms with E-state index in [1.165, 1.54) is 0 Å². The lowest BCUT2D eigenvalue weighted by atomic mass is 10.6. The third-order valence-electron chi connectivity index (χ3n) is 1.05. The second kappa shape index (κ2) is 2.31. The molecule has 2 rings (SSSR count). The van der Waals surface area contributed by atoms with E-state index in [0.717, 1.165) is 6.61 Å². The second-order valence-electron chi connectivity index (χ2n) is 2.28. The molecule has 2 aliphatic heterocycles. The summed E-state index contributed by atoms with van der Waals surface area (Å²) in [5.74, 6) is 0. The highest BCUT2D eigenvalue weighted by molar-refractivity contribution is 4.81. The average Bonchev–Trinajstić information content (AvgIpc) is 2.56. The Morgan fingerprint density at radius 2 is 1.36 bits per heavy atom. The Morgan fingerprint density at radius 1 is 1.18 bits per heavy atom. The van der Waals surface area contributed by atoms with Gasteiger partial charge in [0.2, 0.25) is 0 Å². The van der Waals surface area contributed by atoms with E-state index in [0.29, 0.717) is 6.10 Å². The minimum absolute atomic E-state index is 0.583. The molecule has 2 aliphatic rings. The van der Waals surface area contributed by atoms with E-state index in [9.17, 15) is 17.6 Å². The van der Waals surface area contributed by atoms with Crippen molar-refractivity contribution in [3.8, 4) is 0 Å². The summed E-state index contributed by atoms with van der Waals surface area (Å²) in [5, 5.41) is 0. The predicted octanol–water partition coefficient (Wildman–Crippen LogP) is 1.61. The van der Waals surface area contributed by atoms with E-state index in [1.807, 2.05) is 0 Å². The van der Waals surface area contributed by atoms with Crippen LogP contribution in [-0.4, -0.2) is 24.9 Å². The van der Waals surface area contributed by atoms with Gasteiger partial charge in [-0.3, -0.25) is 0 Å². The first-order valence-corrected chi connectivity index (χ1v) is 2.92. The van der Waals surface area contributed by atoms with E-state index in [4.69, 9.17) is 4.74 Å². The highest BCUT2D eigenvalue weighted by Gasteiger charge is 2.79. The van der Waals surface area contributed by atoms with Crippen LogP contribution in [0.5, 0.6) is 0 Å². The van der Waals surface area contributed by atoms with Gasteiger partial charge in [0, 0.05) is 0 Å². The number of hydrogen-bond acceptors (Lipinski definition) is 2. The predicted molar refractivity (Wildman–Crippen MR) is 26.4 cm³/mol. The molecule has 2 saturated heterocycles. The average molecular weight is 174 g/mol. The summed E-state index contributed by atoms with van der Waals surface area (Å²) in [4.78, 5) is 0. The van der Waals surface area contributed by atoms with Crippen molar-refractivity contribution in [1.82, 2.24) is 0 Å². The van der Waals surface area contributed by atoms with Gasteiger partial charge in [-0.25, -0.2) is 4.74 Å². The molecule has 2 heterocycles. The Labute approximate surface area is 60.1 Å². The van der Waals surface area contributed by atoms with Crippen LogP contribution in [0.25, 0.3) is 0 Å². The Kier molecular flexibility index (Phi) is 1.84. The number of ether oxygens (including phenoxy) is 2. The highest BCUT2D eigenvalue weighted by Crippen LogP contribution is 2.52. The van der Waals surface area contributed by atoms with Crippen LogP contribution in [0.15, 0.2) is 0 Å². The molecular weight excluding hydrogens is 168 g/mol. The van der Waals surface area contributed by atoms with Crippen LogP contribution in [0.2, 0.25) is 0 Å². The number of alkyl halides is 4. The summed E-state index contributed by atoms with van der Waals surface area (Å²) < 4.78 is 51.1. The van der Waals surface area contributed by atoms with Gasteiger partial charge in [0.15, 0.2) is 0 Å². The molecule has 2 nitrogen and oxygen atoms in total. The maximum absolute atomic E-state index is 10.9. The molecule has 0 radical (unpaired) electrons. The first kappa shape index (κ1) is 8.73. The third kappa shape index (κ3) is 2.30. The number of halogens is 4. The summed E-state index contributed by atoms with van der Waals surface area (Å²) in [7, 11) is 0. The van der Waals surface area contributed by atoms with Gasteiger partial charge in [-0.1, -0.05) is 0 Å². The molecule has 1 atom stereocenters. The quantitative estimate of drug-likeness (QED) is 0.411. The Bertz CT molecular complexity index is 143. The molecule has 0 aromatic heterocycles. The van der Waals surface area contributed by atoms with Gasteiger partial charge in [-0.05, 0) is 6.92 Å². The normalized spacial score (nSPS) is 35.2. The highest BCUT2D eigenvalue weighted by atomic mass is 19.4. The number of hydrogen-bond donors (Lipinski definition) is 0. The lowest BCUT2D eigenvalue weighted by Gasteiger charge is -1.78. The molecular formula is C5H6F4O2. The van der Waals surface area contributed by atoms with Crippen LogP contribution in [0.1, 0.15) is 6.92 Å². The molecule has 0 bridgehead atoms. The molecule has 0 amide bonds. The fourth-order valence-electron chi connectivity index (χ4n) is 0.232. The van der Waals surface area contributed by atoms with Gasteiger partial charge < -0.3 is 4.74 Å². The lowest BCUT2D eigenvalue weighted by Crippen LogP contribution is -2.02. The van der Waals surface area contributed by atoms with Crippen LogP contribution < -0.4 is 0 Å². The summed E-state index contributed by atoms with van der Waals surface area (Å²) in [6.07, 6.45) is -7.79. The van der Waals surface area contributed by atoms with Crippen LogP contribution in [0.4, 0.5) is 17.6 Å². The Hall–Kier alpha value is -0.360. The van der Waals surface area contributed by atoms with Crippen LogP contribution >= 0.6 is 0 Å². The molecule has 0 aliphatic carbocycles. The van der Waals surface area contributed by atoms with Crippen molar-refractivity contribution in [2.24, 2.45) is 0 Å². The number of epoxide rings is 2. The van der Waals surface area contributed by atoms with Crippen LogP contribution in [0, 0.1) is 0 Å². The van der Waals surface area contributed by atoms with Crippen molar-refractivity contribution in [3.63, 3.8) is 0 Å². The van der Waals surface area contributed by atoms with E-state index in [-0.39, 0.29) is 0 Å². The minimum Gasteiger partial charge on any atom is -0.373 e. The van der Waals surface area contributed by atoms with Crippen LogP contribution in [0.3, 0.4) is 0 Å². The smallest absolute Gasteiger partial charge is 0.373 e. The molecule has 0 N–H and O–H groups in total. The molecule has 11 heavy (non-hydrogen) atoms. The van der Waals surface area contributed by atoms with Gasteiger partial charge in [-0.15, -0.1) is 0 Å². The molecule has 0 aromatic carbocycles. The van der Waals surface area contributed by atoms with Crippen molar-refractivity contribution < 1.29 is 27.0 Å². The first-order chi connectivity index (χ1) is 4.85. The molecule has 66 valence electrons. The summed E-state index contributed by atoms with van der Waals surface area (Å²) in [6, 6.07) is 0. The van der Waals surface area contributed by atoms with Crippen molar-refractivity contribution in [2.45, 2.75) is 25.2 Å². The molecule has 2 fully saturated rings. The van der Waals surface area contributed by atoms with E-state index in [2.05, 4.69) is 11.7 Å². The van der Waals surface area contributed by atoms with E-state index >= 15 is 0 Å². The van der Waals surface area contributed by atoms with Gasteiger partial charge in [0.05, 0.1) is 12.7 Å². The zero-order valence-electron chi connectivity index (χ0n) is 5.61. The molecule has 0 spiro atoms. The zero-order chi connectivity index (χ0) is 8.70. The van der Waals surface area contributed by atoms with E-state index < -0.39 is 12.2 Å². The van der Waals surface area contributed by atoms with Gasteiger partial charge in [0.25, 0.3) is 0 Å². The summed E-state index contributed by atoms with van der Waals surface area (Å²) in [6.45, 7) is 3.04. The summed E-state index contributed by atoms with van der Waals surface area (Å²) in [5.41, 5.74) is 0. The van der Waals surface area contributed by atoms with Gasteiger partial charge in [0.1, 0.15) is 0 Å². The summed E-state index contributed by atoms with van der Waals surface area (Å²) >= 11 is 0. The van der Waals surface area contributed by atoms with Gasteiger partial charge in [-0.2, -0.15) is 17.6 Å². The Morgan fingerprint density at radius 3 is 1.36 bits per heavy atom. The van der Waals surface area contributed by atoms with Crippen molar-refractivity contribution in [2.75, 3.05) is 6.61 Å². The molecule has 0 aromatic rings. The Balaban J connectivity index is 0.000000128. The maximum Gasteiger partial charge on any atom is 0.453 e. The molecule has 6 heteroatoms. The fraction of sp³-hybridized carbons (Fsp3) is 1.00. The zero-order valence-corrected chi connectivity index (χ0v) is 5.61. The largest absolute Gasteiger partial charge is 0.453 e. The lowest BCUT2D eigenvalue weighted by molar-refractivity contribution is -0.0278. The van der Waals surface area contributed by atoms with Crippen molar-refractivity contribution in [1.29, 1.82) is 0 Å². The van der Waals surface area contributed by atoms with Crippen molar-refractivity contribution in [3.05, 3.63) is 0 Å². The standard InChI is InChI=1S/C3H6O.C2F4O/c1-3-2-4-3;3-1(4)2(5,6)7-1/h3H,2H2,1H3;. The monoisotopic (exact) mass is 174 g/mol. The first-order valence-electron chi connectivity index (χ1n) is 2.92. The molecule has 0 saturated carbocycles. The molecule has 1 unspecified atom stereocenters. The SMILES string of the molecule is CC1CO1.FC1(F)OC1(F)F. The maximum atomic E-state index is 10.9.